The van der Waals surface area contributed by atoms with Crippen LogP contribution in [0.25, 0.3) is 0 Å². The Morgan fingerprint density at radius 2 is 1.18 bits per heavy atom. The predicted octanol–water partition coefficient (Wildman–Crippen LogP) is 3.68. The maximum absolute atomic E-state index is 13.3. The molecule has 0 spiro atoms. The second-order valence-corrected chi connectivity index (χ2v) is 7.75. The first-order chi connectivity index (χ1) is 16.6. The molecule has 0 fully saturated rings. The molecule has 1 heterocycles. The number of hydrogen-bond donors (Lipinski definition) is 2. The van der Waals surface area contributed by atoms with Crippen LogP contribution in [-0.4, -0.2) is 27.9 Å². The Bertz CT molecular complexity index is 1200. The van der Waals surface area contributed by atoms with E-state index in [1.807, 2.05) is 91.0 Å². The summed E-state index contributed by atoms with van der Waals surface area (Å²) in [6, 6.07) is 27.8. The van der Waals surface area contributed by atoms with E-state index in [0.717, 1.165) is 21.6 Å². The van der Waals surface area contributed by atoms with Crippen LogP contribution in [0.3, 0.4) is 0 Å². The van der Waals surface area contributed by atoms with Crippen molar-refractivity contribution >= 4 is 23.4 Å². The monoisotopic (exact) mass is 452 g/mol. The van der Waals surface area contributed by atoms with Gasteiger partial charge >= 0.3 is 0 Å². The second-order valence-electron chi connectivity index (χ2n) is 7.75. The van der Waals surface area contributed by atoms with Crippen molar-refractivity contribution in [3.05, 3.63) is 120 Å². The Labute approximate surface area is 197 Å². The number of rotatable bonds is 8. The average Bonchev–Trinajstić information content (AvgIpc) is 3.34. The summed E-state index contributed by atoms with van der Waals surface area (Å²) in [5.41, 5.74) is 2.65. The van der Waals surface area contributed by atoms with Gasteiger partial charge in [0.2, 0.25) is 11.8 Å². The van der Waals surface area contributed by atoms with Gasteiger partial charge in [0.25, 0.3) is 5.91 Å². The number of nitrogens with zero attached hydrogens (tertiary/aromatic N) is 2. The lowest BCUT2D eigenvalue weighted by Crippen LogP contribution is -2.40. The van der Waals surface area contributed by atoms with Crippen molar-refractivity contribution in [2.45, 2.75) is 19.4 Å². The molecule has 7 heteroatoms. The van der Waals surface area contributed by atoms with Gasteiger partial charge in [-0.2, -0.15) is 5.10 Å². The summed E-state index contributed by atoms with van der Waals surface area (Å²) in [5.74, 6) is -1.34. The first-order valence-corrected chi connectivity index (χ1v) is 10.9. The number of carbonyl (C=O) groups excluding carboxylic acids is 3. The van der Waals surface area contributed by atoms with E-state index in [1.54, 1.807) is 0 Å². The van der Waals surface area contributed by atoms with Crippen LogP contribution in [0.2, 0.25) is 0 Å². The SMILES string of the molecule is O=C(NCc1ccccc1)c1[nH]ncc1N(C(=O)Cc1ccccc1)C(=O)Cc1ccccc1. The molecule has 2 N–H and O–H groups in total. The molecular formula is C27H24N4O3. The zero-order valence-electron chi connectivity index (χ0n) is 18.5. The van der Waals surface area contributed by atoms with Crippen LogP contribution < -0.4 is 10.2 Å². The number of H-pyrrole nitrogens is 1. The molecule has 0 unspecified atom stereocenters. The van der Waals surface area contributed by atoms with Gasteiger partial charge in [-0.25, -0.2) is 4.90 Å². The minimum Gasteiger partial charge on any atom is -0.347 e. The van der Waals surface area contributed by atoms with E-state index in [1.165, 1.54) is 6.20 Å². The topological polar surface area (TPSA) is 95.2 Å². The van der Waals surface area contributed by atoms with E-state index < -0.39 is 17.7 Å². The van der Waals surface area contributed by atoms with Crippen molar-refractivity contribution in [2.24, 2.45) is 0 Å². The smallest absolute Gasteiger partial charge is 0.271 e. The third-order valence-corrected chi connectivity index (χ3v) is 5.28. The third-order valence-electron chi connectivity index (χ3n) is 5.28. The summed E-state index contributed by atoms with van der Waals surface area (Å²) in [4.78, 5) is 40.6. The first-order valence-electron chi connectivity index (χ1n) is 10.9. The number of benzene rings is 3. The fourth-order valence-electron chi connectivity index (χ4n) is 3.59. The molecule has 0 aliphatic carbocycles. The molecule has 0 bridgehead atoms. The molecule has 0 saturated carbocycles. The molecule has 0 atom stereocenters. The third kappa shape index (κ3) is 5.63. The maximum atomic E-state index is 13.3. The Hall–Kier alpha value is -4.52. The maximum Gasteiger partial charge on any atom is 0.271 e. The van der Waals surface area contributed by atoms with Crippen molar-refractivity contribution in [1.29, 1.82) is 0 Å². The van der Waals surface area contributed by atoms with Crippen LogP contribution in [0.1, 0.15) is 27.2 Å². The lowest BCUT2D eigenvalue weighted by molar-refractivity contribution is -0.125. The van der Waals surface area contributed by atoms with E-state index in [4.69, 9.17) is 0 Å². The van der Waals surface area contributed by atoms with Crippen molar-refractivity contribution in [2.75, 3.05) is 4.90 Å². The molecule has 4 rings (SSSR count). The fourth-order valence-corrected chi connectivity index (χ4v) is 3.59. The van der Waals surface area contributed by atoms with Crippen LogP contribution >= 0.6 is 0 Å². The van der Waals surface area contributed by atoms with Gasteiger partial charge in [-0.15, -0.1) is 0 Å². The zero-order chi connectivity index (χ0) is 23.8. The summed E-state index contributed by atoms with van der Waals surface area (Å²) in [6.07, 6.45) is 1.36. The predicted molar refractivity (Wildman–Crippen MR) is 129 cm³/mol. The molecule has 4 aromatic rings. The van der Waals surface area contributed by atoms with E-state index in [2.05, 4.69) is 15.5 Å². The van der Waals surface area contributed by atoms with Crippen LogP contribution in [0.5, 0.6) is 0 Å². The highest BCUT2D eigenvalue weighted by Gasteiger charge is 2.29. The van der Waals surface area contributed by atoms with Gasteiger partial charge in [-0.1, -0.05) is 91.0 Å². The van der Waals surface area contributed by atoms with Gasteiger partial charge in [-0.05, 0) is 16.7 Å². The van der Waals surface area contributed by atoms with Gasteiger partial charge in [0, 0.05) is 6.54 Å². The molecule has 3 aromatic carbocycles. The highest BCUT2D eigenvalue weighted by atomic mass is 16.2. The minimum atomic E-state index is -0.457. The Morgan fingerprint density at radius 3 is 1.68 bits per heavy atom. The van der Waals surface area contributed by atoms with Gasteiger partial charge in [0.1, 0.15) is 11.4 Å². The fraction of sp³-hybridized carbons (Fsp3) is 0.111. The quantitative estimate of drug-likeness (QED) is 0.426. The van der Waals surface area contributed by atoms with Crippen LogP contribution in [0.4, 0.5) is 5.69 Å². The highest BCUT2D eigenvalue weighted by Crippen LogP contribution is 2.21. The van der Waals surface area contributed by atoms with Crippen LogP contribution in [0, 0.1) is 0 Å². The molecule has 0 saturated heterocycles. The highest BCUT2D eigenvalue weighted by molar-refractivity contribution is 6.18. The minimum absolute atomic E-state index is 0.0115. The zero-order valence-corrected chi connectivity index (χ0v) is 18.5. The normalized spacial score (nSPS) is 10.5. The van der Waals surface area contributed by atoms with Gasteiger partial charge in [0.15, 0.2) is 0 Å². The van der Waals surface area contributed by atoms with Gasteiger partial charge < -0.3 is 5.32 Å². The first kappa shape index (κ1) is 22.7. The Balaban J connectivity index is 1.59. The summed E-state index contributed by atoms with van der Waals surface area (Å²) in [5, 5.41) is 9.43. The summed E-state index contributed by atoms with van der Waals surface area (Å²) in [7, 11) is 0. The van der Waals surface area contributed by atoms with Crippen molar-refractivity contribution in [1.82, 2.24) is 15.5 Å². The molecule has 3 amide bonds. The molecule has 0 radical (unpaired) electrons. The number of aromatic nitrogens is 2. The second kappa shape index (κ2) is 10.9. The van der Waals surface area contributed by atoms with Crippen molar-refractivity contribution < 1.29 is 14.4 Å². The number of anilines is 1. The number of nitrogens with one attached hydrogen (secondary N) is 2. The largest absolute Gasteiger partial charge is 0.347 e. The standard InChI is InChI=1S/C27H24N4O3/c32-24(16-20-10-4-1-5-11-20)31(25(33)17-21-12-6-2-7-13-21)23-19-29-30-26(23)27(34)28-18-22-14-8-3-9-15-22/h1-15,19H,16-18H2,(H,28,34)(H,29,30). The lowest BCUT2D eigenvalue weighted by Gasteiger charge is -2.21. The van der Waals surface area contributed by atoms with E-state index in [-0.39, 0.29) is 24.2 Å². The lowest BCUT2D eigenvalue weighted by atomic mass is 10.1. The number of imide groups is 1. The van der Waals surface area contributed by atoms with E-state index in [9.17, 15) is 14.4 Å². The Kier molecular flexibility index (Phi) is 7.25. The molecule has 170 valence electrons. The molecule has 0 aliphatic heterocycles. The number of hydrogen-bond acceptors (Lipinski definition) is 4. The summed E-state index contributed by atoms with van der Waals surface area (Å²) >= 11 is 0. The molecule has 7 nitrogen and oxygen atoms in total. The van der Waals surface area contributed by atoms with Crippen LogP contribution in [-0.2, 0) is 29.0 Å². The van der Waals surface area contributed by atoms with Crippen molar-refractivity contribution in [3.8, 4) is 0 Å². The number of carbonyl (C=O) groups is 3. The van der Waals surface area contributed by atoms with E-state index >= 15 is 0 Å². The van der Waals surface area contributed by atoms with Gasteiger partial charge in [-0.3, -0.25) is 19.5 Å². The molecule has 34 heavy (non-hydrogen) atoms. The van der Waals surface area contributed by atoms with Crippen molar-refractivity contribution in [3.63, 3.8) is 0 Å². The molecular weight excluding hydrogens is 428 g/mol. The summed E-state index contributed by atoms with van der Waals surface area (Å²) < 4.78 is 0. The van der Waals surface area contributed by atoms with Gasteiger partial charge in [0.05, 0.1) is 19.0 Å². The van der Waals surface area contributed by atoms with Crippen LogP contribution in [0.15, 0.2) is 97.2 Å². The molecule has 1 aromatic heterocycles. The summed E-state index contributed by atoms with van der Waals surface area (Å²) in [6.45, 7) is 0.300. The Morgan fingerprint density at radius 1 is 0.706 bits per heavy atom. The molecule has 0 aliphatic rings. The number of amides is 3. The van der Waals surface area contributed by atoms with E-state index in [0.29, 0.717) is 6.54 Å². The number of aromatic amines is 1. The average molecular weight is 453 g/mol.